The van der Waals surface area contributed by atoms with Gasteiger partial charge in [-0.05, 0) is 47.3 Å². The van der Waals surface area contributed by atoms with Gasteiger partial charge in [0.25, 0.3) is 0 Å². The summed E-state index contributed by atoms with van der Waals surface area (Å²) in [5.74, 6) is 0.614. The van der Waals surface area contributed by atoms with E-state index < -0.39 is 0 Å². The second-order valence-corrected chi connectivity index (χ2v) is 7.76. The van der Waals surface area contributed by atoms with Crippen LogP contribution < -0.4 is 15.4 Å². The third-order valence-corrected chi connectivity index (χ3v) is 5.24. The van der Waals surface area contributed by atoms with Crippen LogP contribution in [0.2, 0.25) is 0 Å². The standard InChI is InChI=1S/C20H25BrN4O3/c21-17-8-3-4-9-18(17)28-11-5-10-19(26)24-16-12-22-25(13-16)14-20(27)23-15-6-1-2-7-15/h3-4,8-9,12-13,15H,1-2,5-7,10-11,14H2,(H,23,27)(H,24,26). The van der Waals surface area contributed by atoms with Crippen LogP contribution in [0.4, 0.5) is 5.69 Å². The number of nitrogens with one attached hydrogen (secondary N) is 2. The third-order valence-electron chi connectivity index (χ3n) is 4.59. The molecule has 1 aliphatic carbocycles. The summed E-state index contributed by atoms with van der Waals surface area (Å²) in [6.07, 6.45) is 8.63. The number of rotatable bonds is 9. The highest BCUT2D eigenvalue weighted by Crippen LogP contribution is 2.23. The SMILES string of the molecule is O=C(CCCOc1ccccc1Br)Nc1cnn(CC(=O)NC2CCCC2)c1. The van der Waals surface area contributed by atoms with Crippen LogP contribution in [-0.2, 0) is 16.1 Å². The van der Waals surface area contributed by atoms with E-state index in [9.17, 15) is 9.59 Å². The lowest BCUT2D eigenvalue weighted by Crippen LogP contribution is -2.35. The Morgan fingerprint density at radius 2 is 2.00 bits per heavy atom. The monoisotopic (exact) mass is 448 g/mol. The van der Waals surface area contributed by atoms with Crippen molar-refractivity contribution >= 4 is 33.4 Å². The zero-order valence-corrected chi connectivity index (χ0v) is 17.3. The van der Waals surface area contributed by atoms with E-state index in [2.05, 4.69) is 31.7 Å². The third kappa shape index (κ3) is 6.37. The predicted octanol–water partition coefficient (Wildman–Crippen LogP) is 3.50. The Labute approximate surface area is 173 Å². The molecule has 0 unspecified atom stereocenters. The number of halogens is 1. The quantitative estimate of drug-likeness (QED) is 0.574. The first-order valence-corrected chi connectivity index (χ1v) is 10.4. The normalized spacial score (nSPS) is 14.0. The highest BCUT2D eigenvalue weighted by Gasteiger charge is 2.17. The highest BCUT2D eigenvalue weighted by atomic mass is 79.9. The zero-order chi connectivity index (χ0) is 19.8. The van der Waals surface area contributed by atoms with E-state index in [1.165, 1.54) is 17.5 Å². The number of nitrogens with zero attached hydrogens (tertiary/aromatic N) is 2. The molecule has 2 amide bonds. The summed E-state index contributed by atoms with van der Waals surface area (Å²) in [6, 6.07) is 7.90. The number of benzene rings is 1. The van der Waals surface area contributed by atoms with Crippen LogP contribution in [0, 0.1) is 0 Å². The van der Waals surface area contributed by atoms with Gasteiger partial charge in [-0.1, -0.05) is 25.0 Å². The second kappa shape index (κ2) is 10.3. The molecule has 7 nitrogen and oxygen atoms in total. The number of carbonyl (C=O) groups is 2. The van der Waals surface area contributed by atoms with Crippen LogP contribution in [0.3, 0.4) is 0 Å². The summed E-state index contributed by atoms with van der Waals surface area (Å²) in [7, 11) is 0. The molecule has 8 heteroatoms. The van der Waals surface area contributed by atoms with E-state index in [0.717, 1.165) is 23.1 Å². The average molecular weight is 449 g/mol. The lowest BCUT2D eigenvalue weighted by atomic mass is 10.2. The average Bonchev–Trinajstić information content (AvgIpc) is 3.32. The molecule has 0 saturated heterocycles. The molecular weight excluding hydrogens is 424 g/mol. The number of hydrogen-bond donors (Lipinski definition) is 2. The van der Waals surface area contributed by atoms with Gasteiger partial charge in [0.05, 0.1) is 23.0 Å². The molecule has 1 aromatic carbocycles. The van der Waals surface area contributed by atoms with Crippen molar-refractivity contribution in [3.63, 3.8) is 0 Å². The molecular formula is C20H25BrN4O3. The number of anilines is 1. The summed E-state index contributed by atoms with van der Waals surface area (Å²) in [4.78, 5) is 24.1. The fourth-order valence-corrected chi connectivity index (χ4v) is 3.60. The Hall–Kier alpha value is -2.35. The first kappa shape index (κ1) is 20.4. The Morgan fingerprint density at radius 1 is 1.21 bits per heavy atom. The van der Waals surface area contributed by atoms with Gasteiger partial charge in [0, 0.05) is 18.7 Å². The van der Waals surface area contributed by atoms with Crippen molar-refractivity contribution in [3.8, 4) is 5.75 Å². The van der Waals surface area contributed by atoms with Crippen molar-refractivity contribution < 1.29 is 14.3 Å². The molecule has 0 aliphatic heterocycles. The van der Waals surface area contributed by atoms with Crippen LogP contribution in [0.1, 0.15) is 38.5 Å². The molecule has 0 bridgehead atoms. The van der Waals surface area contributed by atoms with Crippen molar-refractivity contribution in [2.45, 2.75) is 51.1 Å². The molecule has 0 radical (unpaired) electrons. The van der Waals surface area contributed by atoms with Gasteiger partial charge in [0.2, 0.25) is 11.8 Å². The van der Waals surface area contributed by atoms with Gasteiger partial charge in [-0.25, -0.2) is 0 Å². The lowest BCUT2D eigenvalue weighted by molar-refractivity contribution is -0.122. The van der Waals surface area contributed by atoms with Gasteiger partial charge in [-0.3, -0.25) is 14.3 Å². The molecule has 1 heterocycles. The molecule has 0 spiro atoms. The van der Waals surface area contributed by atoms with Crippen LogP contribution >= 0.6 is 15.9 Å². The molecule has 1 aromatic heterocycles. The molecule has 2 aromatic rings. The van der Waals surface area contributed by atoms with Gasteiger partial charge in [0.15, 0.2) is 0 Å². The maximum absolute atomic E-state index is 12.1. The number of ether oxygens (including phenoxy) is 1. The Balaban J connectivity index is 1.35. The molecule has 1 aliphatic rings. The van der Waals surface area contributed by atoms with Crippen LogP contribution in [-0.4, -0.2) is 34.2 Å². The Bertz CT molecular complexity index is 802. The van der Waals surface area contributed by atoms with Crippen molar-refractivity contribution in [3.05, 3.63) is 41.1 Å². The van der Waals surface area contributed by atoms with Gasteiger partial charge in [-0.15, -0.1) is 0 Å². The van der Waals surface area contributed by atoms with E-state index in [1.54, 1.807) is 12.4 Å². The van der Waals surface area contributed by atoms with E-state index in [0.29, 0.717) is 31.2 Å². The summed E-state index contributed by atoms with van der Waals surface area (Å²) >= 11 is 3.42. The second-order valence-electron chi connectivity index (χ2n) is 6.91. The van der Waals surface area contributed by atoms with E-state index in [1.807, 2.05) is 24.3 Å². The number of amides is 2. The van der Waals surface area contributed by atoms with E-state index >= 15 is 0 Å². The molecule has 1 saturated carbocycles. The number of hydrogen-bond acceptors (Lipinski definition) is 4. The molecule has 2 N–H and O–H groups in total. The summed E-state index contributed by atoms with van der Waals surface area (Å²) in [5, 5.41) is 9.97. The van der Waals surface area contributed by atoms with Crippen LogP contribution in [0.5, 0.6) is 5.75 Å². The Kier molecular flexibility index (Phi) is 7.47. The van der Waals surface area contributed by atoms with E-state index in [4.69, 9.17) is 4.74 Å². The smallest absolute Gasteiger partial charge is 0.241 e. The Morgan fingerprint density at radius 3 is 2.79 bits per heavy atom. The van der Waals surface area contributed by atoms with Crippen molar-refractivity contribution in [1.82, 2.24) is 15.1 Å². The van der Waals surface area contributed by atoms with E-state index in [-0.39, 0.29) is 18.4 Å². The minimum atomic E-state index is -0.106. The predicted molar refractivity (Wildman–Crippen MR) is 110 cm³/mol. The number of para-hydroxylation sites is 1. The van der Waals surface area contributed by atoms with Crippen molar-refractivity contribution in [2.24, 2.45) is 0 Å². The first-order chi connectivity index (χ1) is 13.6. The molecule has 0 atom stereocenters. The van der Waals surface area contributed by atoms with Crippen molar-refractivity contribution in [2.75, 3.05) is 11.9 Å². The number of aromatic nitrogens is 2. The fraction of sp³-hybridized carbons (Fsp3) is 0.450. The van der Waals surface area contributed by atoms with Crippen molar-refractivity contribution in [1.29, 1.82) is 0 Å². The summed E-state index contributed by atoms with van der Waals surface area (Å²) < 4.78 is 8.08. The molecule has 150 valence electrons. The molecule has 28 heavy (non-hydrogen) atoms. The minimum absolute atomic E-state index is 0.0444. The zero-order valence-electron chi connectivity index (χ0n) is 15.7. The van der Waals surface area contributed by atoms with Crippen LogP contribution in [0.15, 0.2) is 41.1 Å². The topological polar surface area (TPSA) is 85.2 Å². The summed E-state index contributed by atoms with van der Waals surface area (Å²) in [6.45, 7) is 0.614. The number of carbonyl (C=O) groups excluding carboxylic acids is 2. The van der Waals surface area contributed by atoms with Gasteiger partial charge >= 0.3 is 0 Å². The van der Waals surface area contributed by atoms with Gasteiger partial charge < -0.3 is 15.4 Å². The first-order valence-electron chi connectivity index (χ1n) is 9.59. The van der Waals surface area contributed by atoms with Crippen LogP contribution in [0.25, 0.3) is 0 Å². The van der Waals surface area contributed by atoms with Gasteiger partial charge in [-0.2, -0.15) is 5.10 Å². The van der Waals surface area contributed by atoms with Gasteiger partial charge in [0.1, 0.15) is 12.3 Å². The minimum Gasteiger partial charge on any atom is -0.492 e. The summed E-state index contributed by atoms with van der Waals surface area (Å²) in [5.41, 5.74) is 0.588. The lowest BCUT2D eigenvalue weighted by Gasteiger charge is -2.11. The fourth-order valence-electron chi connectivity index (χ4n) is 3.21. The maximum atomic E-state index is 12.1. The largest absolute Gasteiger partial charge is 0.492 e. The molecule has 3 rings (SSSR count). The molecule has 1 fully saturated rings. The maximum Gasteiger partial charge on any atom is 0.241 e. The highest BCUT2D eigenvalue weighted by molar-refractivity contribution is 9.10.